The molecular formula is C13H15N3O3. The zero-order chi connectivity index (χ0) is 13.8. The second-order valence-electron chi connectivity index (χ2n) is 4.17. The van der Waals surface area contributed by atoms with Gasteiger partial charge in [0.2, 0.25) is 5.91 Å². The zero-order valence-electron chi connectivity index (χ0n) is 10.8. The molecule has 0 saturated carbocycles. The number of benzene rings is 1. The lowest BCUT2D eigenvalue weighted by atomic mass is 10.2. The summed E-state index contributed by atoms with van der Waals surface area (Å²) in [6.07, 6.45) is 1.70. The van der Waals surface area contributed by atoms with E-state index in [-0.39, 0.29) is 12.5 Å². The summed E-state index contributed by atoms with van der Waals surface area (Å²) in [5, 5.41) is 7.68. The number of methoxy groups -OCH3 is 1. The number of nitrogens with zero attached hydrogens (tertiary/aromatic N) is 2. The zero-order valence-corrected chi connectivity index (χ0v) is 10.8. The molecule has 0 radical (unpaired) electrons. The standard InChI is InChI=1S/C13H15N3O3/c1-9(13(18)19-2)15-12(17)8-16-11-6-4-3-5-10(11)7-14-16/h3-7,9H,8H2,1-2H3,(H,15,17)/t9-/m1/s1. The molecule has 1 aromatic heterocycles. The summed E-state index contributed by atoms with van der Waals surface area (Å²) in [6.45, 7) is 1.64. The number of hydrogen-bond donors (Lipinski definition) is 1. The number of nitrogens with one attached hydrogen (secondary N) is 1. The second kappa shape index (κ2) is 5.51. The van der Waals surface area contributed by atoms with Crippen molar-refractivity contribution >= 4 is 22.8 Å². The molecule has 0 aliphatic carbocycles. The van der Waals surface area contributed by atoms with Crippen molar-refractivity contribution in [1.82, 2.24) is 15.1 Å². The number of fused-ring (bicyclic) bond motifs is 1. The highest BCUT2D eigenvalue weighted by molar-refractivity contribution is 5.85. The molecule has 1 N–H and O–H groups in total. The third kappa shape index (κ3) is 2.90. The van der Waals surface area contributed by atoms with Crippen LogP contribution in [0.5, 0.6) is 0 Å². The van der Waals surface area contributed by atoms with E-state index in [2.05, 4.69) is 15.2 Å². The Balaban J connectivity index is 2.05. The summed E-state index contributed by atoms with van der Waals surface area (Å²) >= 11 is 0. The molecular weight excluding hydrogens is 246 g/mol. The first kappa shape index (κ1) is 13.1. The summed E-state index contributed by atoms with van der Waals surface area (Å²) in [5.41, 5.74) is 0.878. The molecule has 2 rings (SSSR count). The van der Waals surface area contributed by atoms with E-state index in [4.69, 9.17) is 0 Å². The maximum atomic E-state index is 11.8. The van der Waals surface area contributed by atoms with Gasteiger partial charge in [0, 0.05) is 5.39 Å². The van der Waals surface area contributed by atoms with Crippen LogP contribution in [0, 0.1) is 0 Å². The van der Waals surface area contributed by atoms with Crippen LogP contribution in [0.3, 0.4) is 0 Å². The Kier molecular flexibility index (Phi) is 3.79. The molecule has 6 heteroatoms. The van der Waals surface area contributed by atoms with Crippen LogP contribution in [0.1, 0.15) is 6.92 Å². The second-order valence-corrected chi connectivity index (χ2v) is 4.17. The van der Waals surface area contributed by atoms with E-state index in [0.717, 1.165) is 10.9 Å². The molecule has 0 bridgehead atoms. The molecule has 0 spiro atoms. The summed E-state index contributed by atoms with van der Waals surface area (Å²) in [4.78, 5) is 23.0. The molecule has 1 atom stereocenters. The summed E-state index contributed by atoms with van der Waals surface area (Å²) in [5.74, 6) is -0.759. The number of hydrogen-bond acceptors (Lipinski definition) is 4. The van der Waals surface area contributed by atoms with Gasteiger partial charge in [-0.1, -0.05) is 18.2 Å². The van der Waals surface area contributed by atoms with Gasteiger partial charge in [0.1, 0.15) is 12.6 Å². The van der Waals surface area contributed by atoms with Gasteiger partial charge in [0.05, 0.1) is 18.8 Å². The molecule has 0 unspecified atom stereocenters. The largest absolute Gasteiger partial charge is 0.467 e. The van der Waals surface area contributed by atoms with E-state index in [9.17, 15) is 9.59 Å². The number of amides is 1. The predicted octanol–water partition coefficient (Wildman–Crippen LogP) is 0.714. The molecule has 2 aromatic rings. The molecule has 6 nitrogen and oxygen atoms in total. The van der Waals surface area contributed by atoms with Crippen LogP contribution in [-0.2, 0) is 20.9 Å². The number of carbonyl (C=O) groups excluding carboxylic acids is 2. The number of rotatable bonds is 4. The van der Waals surface area contributed by atoms with E-state index >= 15 is 0 Å². The first-order valence-electron chi connectivity index (χ1n) is 5.89. The fourth-order valence-corrected chi connectivity index (χ4v) is 1.81. The summed E-state index contributed by atoms with van der Waals surface area (Å²) in [7, 11) is 1.28. The minimum Gasteiger partial charge on any atom is -0.467 e. The third-order valence-corrected chi connectivity index (χ3v) is 2.78. The molecule has 1 aromatic carbocycles. The Labute approximate surface area is 110 Å². The average Bonchev–Trinajstić information content (AvgIpc) is 2.81. The normalized spacial score (nSPS) is 12.1. The monoisotopic (exact) mass is 261 g/mol. The minimum absolute atomic E-state index is 0.0643. The van der Waals surface area contributed by atoms with Crippen LogP contribution in [0.2, 0.25) is 0 Å². The van der Waals surface area contributed by atoms with Crippen molar-refractivity contribution in [2.75, 3.05) is 7.11 Å². The fourth-order valence-electron chi connectivity index (χ4n) is 1.81. The van der Waals surface area contributed by atoms with E-state index in [1.54, 1.807) is 17.8 Å². The topological polar surface area (TPSA) is 73.2 Å². The Morgan fingerprint density at radius 2 is 2.16 bits per heavy atom. The van der Waals surface area contributed by atoms with Crippen LogP contribution < -0.4 is 5.32 Å². The number of aromatic nitrogens is 2. The molecule has 100 valence electrons. The smallest absolute Gasteiger partial charge is 0.328 e. The highest BCUT2D eigenvalue weighted by atomic mass is 16.5. The maximum Gasteiger partial charge on any atom is 0.328 e. The van der Waals surface area contributed by atoms with E-state index in [1.165, 1.54) is 7.11 Å². The van der Waals surface area contributed by atoms with Gasteiger partial charge in [-0.2, -0.15) is 5.10 Å². The van der Waals surface area contributed by atoms with Crippen molar-refractivity contribution < 1.29 is 14.3 Å². The van der Waals surface area contributed by atoms with Gasteiger partial charge in [-0.3, -0.25) is 9.48 Å². The first-order chi connectivity index (χ1) is 9.11. The fraction of sp³-hybridized carbons (Fsp3) is 0.308. The van der Waals surface area contributed by atoms with E-state index < -0.39 is 12.0 Å². The Hall–Kier alpha value is -2.37. The van der Waals surface area contributed by atoms with Gasteiger partial charge < -0.3 is 10.1 Å². The van der Waals surface area contributed by atoms with Crippen LogP contribution in [0.15, 0.2) is 30.5 Å². The van der Waals surface area contributed by atoms with Crippen molar-refractivity contribution in [1.29, 1.82) is 0 Å². The summed E-state index contributed by atoms with van der Waals surface area (Å²) in [6, 6.07) is 6.94. The minimum atomic E-state index is -0.667. The molecule has 0 saturated heterocycles. The van der Waals surface area contributed by atoms with Gasteiger partial charge in [-0.25, -0.2) is 4.79 Å². The van der Waals surface area contributed by atoms with Gasteiger partial charge >= 0.3 is 5.97 Å². The first-order valence-corrected chi connectivity index (χ1v) is 5.89. The maximum absolute atomic E-state index is 11.8. The van der Waals surface area contributed by atoms with Crippen molar-refractivity contribution in [3.8, 4) is 0 Å². The van der Waals surface area contributed by atoms with Gasteiger partial charge in [-0.15, -0.1) is 0 Å². The average molecular weight is 261 g/mol. The number of para-hydroxylation sites is 1. The van der Waals surface area contributed by atoms with E-state index in [1.807, 2.05) is 24.3 Å². The van der Waals surface area contributed by atoms with Crippen molar-refractivity contribution in [2.45, 2.75) is 19.5 Å². The summed E-state index contributed by atoms with van der Waals surface area (Å²) < 4.78 is 6.13. The lowest BCUT2D eigenvalue weighted by Crippen LogP contribution is -2.40. The molecule has 0 aliphatic rings. The van der Waals surface area contributed by atoms with Crippen LogP contribution >= 0.6 is 0 Å². The van der Waals surface area contributed by atoms with Crippen LogP contribution in [-0.4, -0.2) is 34.8 Å². The third-order valence-electron chi connectivity index (χ3n) is 2.78. The van der Waals surface area contributed by atoms with Gasteiger partial charge in [0.15, 0.2) is 0 Å². The lowest BCUT2D eigenvalue weighted by Gasteiger charge is -2.11. The van der Waals surface area contributed by atoms with Gasteiger partial charge in [-0.05, 0) is 13.0 Å². The van der Waals surface area contributed by atoms with Gasteiger partial charge in [0.25, 0.3) is 0 Å². The highest BCUT2D eigenvalue weighted by Gasteiger charge is 2.16. The number of ether oxygens (including phenoxy) is 1. The van der Waals surface area contributed by atoms with Crippen LogP contribution in [0.4, 0.5) is 0 Å². The Bertz CT molecular complexity index is 606. The predicted molar refractivity (Wildman–Crippen MR) is 69.4 cm³/mol. The van der Waals surface area contributed by atoms with Crippen molar-refractivity contribution in [3.63, 3.8) is 0 Å². The molecule has 0 fully saturated rings. The molecule has 1 heterocycles. The Morgan fingerprint density at radius 1 is 1.42 bits per heavy atom. The van der Waals surface area contributed by atoms with Crippen molar-refractivity contribution in [2.24, 2.45) is 0 Å². The molecule has 0 aliphatic heterocycles. The quantitative estimate of drug-likeness (QED) is 0.823. The highest BCUT2D eigenvalue weighted by Crippen LogP contribution is 2.12. The number of carbonyl (C=O) groups is 2. The Morgan fingerprint density at radius 3 is 2.89 bits per heavy atom. The van der Waals surface area contributed by atoms with E-state index in [0.29, 0.717) is 0 Å². The van der Waals surface area contributed by atoms with Crippen LogP contribution in [0.25, 0.3) is 10.9 Å². The number of esters is 1. The lowest BCUT2D eigenvalue weighted by molar-refractivity contribution is -0.144. The molecule has 19 heavy (non-hydrogen) atoms. The van der Waals surface area contributed by atoms with Crippen molar-refractivity contribution in [3.05, 3.63) is 30.5 Å². The SMILES string of the molecule is COC(=O)[C@@H](C)NC(=O)Cn1ncc2ccccc21. The molecule has 1 amide bonds.